The Kier molecular flexibility index (Phi) is 26.5. The van der Waals surface area contributed by atoms with Crippen molar-refractivity contribution in [3.8, 4) is 12.0 Å². The van der Waals surface area contributed by atoms with Gasteiger partial charge in [0.1, 0.15) is 12.2 Å². The van der Waals surface area contributed by atoms with Gasteiger partial charge in [0.15, 0.2) is 11.3 Å². The number of amides is 3. The molecule has 5 N–H and O–H groups in total. The number of fused-ring (bicyclic) bond motifs is 2. The average molecular weight is 1230 g/mol. The second-order valence-corrected chi connectivity index (χ2v) is 24.1. The van der Waals surface area contributed by atoms with Gasteiger partial charge in [-0.2, -0.15) is 48.8 Å². The third kappa shape index (κ3) is 21.5. The van der Waals surface area contributed by atoms with E-state index in [0.717, 1.165) is 131 Å². The lowest BCUT2D eigenvalue weighted by Crippen LogP contribution is -2.42. The van der Waals surface area contributed by atoms with Gasteiger partial charge in [0.25, 0.3) is 5.91 Å². The molecular weight excluding hydrogens is 1130 g/mol. The minimum atomic E-state index is -0.197. The van der Waals surface area contributed by atoms with Crippen LogP contribution in [0.15, 0.2) is 91.3 Å². The number of ether oxygens (including phenoxy) is 2. The molecular formula is C64H92N18O7. The van der Waals surface area contributed by atoms with Gasteiger partial charge in [-0.25, -0.2) is 0 Å². The zero-order valence-corrected chi connectivity index (χ0v) is 53.5. The highest BCUT2D eigenvalue weighted by Gasteiger charge is 2.28. The summed E-state index contributed by atoms with van der Waals surface area (Å²) in [5, 5.41) is 25.3. The first-order valence-corrected chi connectivity index (χ1v) is 31.0. The van der Waals surface area contributed by atoms with E-state index in [1.54, 1.807) is 40.9 Å². The fourth-order valence-electron chi connectivity index (χ4n) is 10.4. The second kappa shape index (κ2) is 34.5. The molecule has 6 aromatic rings. The zero-order valence-electron chi connectivity index (χ0n) is 53.5. The molecule has 4 fully saturated rings. The Labute approximate surface area is 523 Å². The molecule has 0 radical (unpaired) electrons. The third-order valence-electron chi connectivity index (χ3n) is 15.6. The summed E-state index contributed by atoms with van der Waals surface area (Å²) >= 11 is 0. The fourth-order valence-corrected chi connectivity index (χ4v) is 10.4. The van der Waals surface area contributed by atoms with Crippen LogP contribution in [0.3, 0.4) is 0 Å². The smallest absolute Gasteiger partial charge is 0.373 e. The van der Waals surface area contributed by atoms with Crippen molar-refractivity contribution in [1.82, 2.24) is 69.0 Å². The molecule has 0 saturated carbocycles. The van der Waals surface area contributed by atoms with E-state index in [2.05, 4.69) is 88.4 Å². The number of hydrogen-bond donors (Lipinski definition) is 5. The lowest BCUT2D eigenvalue weighted by atomic mass is 10.0. The number of likely N-dealkylation sites (tertiary alicyclic amines) is 3. The number of anilines is 4. The Bertz CT molecular complexity index is 3260. The number of carbonyl (C=O) groups excluding carboxylic acids is 5. The molecule has 10 rings (SSSR count). The highest BCUT2D eigenvalue weighted by molar-refractivity contribution is 6.00. The molecule has 25 heteroatoms. The number of para-hydroxylation sites is 1. The number of hydrogen-bond acceptors (Lipinski definition) is 20. The Morgan fingerprint density at radius 1 is 0.596 bits per heavy atom. The summed E-state index contributed by atoms with van der Waals surface area (Å²) in [5.41, 5.74) is 5.85. The van der Waals surface area contributed by atoms with Crippen LogP contribution in [-0.2, 0) is 19.2 Å². The maximum Gasteiger partial charge on any atom is 0.373 e. The first kappa shape index (κ1) is 68.3. The summed E-state index contributed by atoms with van der Waals surface area (Å²) in [6.45, 7) is 17.4. The fraction of sp³-hybridized carbons (Fsp3) is 0.531. The van der Waals surface area contributed by atoms with Crippen LogP contribution in [0, 0.1) is 0 Å². The van der Waals surface area contributed by atoms with Crippen LogP contribution < -0.4 is 36.1 Å². The Hall–Kier alpha value is -8.19. The van der Waals surface area contributed by atoms with E-state index < -0.39 is 0 Å². The minimum absolute atomic E-state index is 0.0147. The molecule has 2 aromatic carbocycles. The van der Waals surface area contributed by atoms with E-state index in [0.29, 0.717) is 60.8 Å². The van der Waals surface area contributed by atoms with Gasteiger partial charge in [-0.15, -0.1) is 0 Å². The molecule has 25 nitrogen and oxygen atoms in total. The number of carbonyl (C=O) groups is 3. The predicted octanol–water partition coefficient (Wildman–Crippen LogP) is 6.54. The number of aromatic nitrogens is 8. The maximum atomic E-state index is 13.2. The number of nitrogens with zero attached hydrogens (tertiary/aromatic N) is 13. The van der Waals surface area contributed by atoms with Crippen LogP contribution in [-0.4, -0.2) is 220 Å². The van der Waals surface area contributed by atoms with Gasteiger partial charge in [-0.1, -0.05) is 58.0 Å². The predicted molar refractivity (Wildman–Crippen MR) is 345 cm³/mol. The van der Waals surface area contributed by atoms with Crippen LogP contribution >= 0.6 is 0 Å². The van der Waals surface area contributed by atoms with Gasteiger partial charge in [-0.05, 0) is 155 Å². The van der Waals surface area contributed by atoms with Gasteiger partial charge in [0.2, 0.25) is 23.7 Å². The third-order valence-corrected chi connectivity index (χ3v) is 15.6. The molecule has 0 spiro atoms. The molecule has 89 heavy (non-hydrogen) atoms. The molecule has 4 aromatic heterocycles. The average Bonchev–Trinajstić information content (AvgIpc) is 2.35. The van der Waals surface area contributed by atoms with Gasteiger partial charge >= 0.3 is 18.2 Å². The van der Waals surface area contributed by atoms with Gasteiger partial charge in [-0.3, -0.25) is 14.4 Å². The summed E-state index contributed by atoms with van der Waals surface area (Å²) in [5.74, 6) is 1.65. The molecule has 0 bridgehead atoms. The number of nitrogens with one attached hydrogen (secondary N) is 5. The van der Waals surface area contributed by atoms with E-state index in [4.69, 9.17) is 39.0 Å². The van der Waals surface area contributed by atoms with Crippen molar-refractivity contribution in [1.29, 1.82) is 0 Å². The molecule has 4 saturated heterocycles. The Morgan fingerprint density at radius 2 is 1.01 bits per heavy atom. The standard InChI is InChI=1S/C32H45N9O3.C19H31N7O.C12H16N2O.CO2/c1-22(2)27-21-33-41-29(27)36-32(44-26-14-17-39(5)18-15-26)37-31(41)35-25-12-19-40(20-13-25)30(43)23-8-10-24(11-9-23)34-28(42)7-6-16-38(3)4;1-13(2)16-12-21-26-17(16)23-19(27-15-6-10-25(3)11-7-15)24-18(26)22-14-4-8-20-9-5-14;1-14(2)10-6-9-12(15)13-11-7-4-3-5-8-11;2-1-3/h6-11,21-22,25-26H,12-20H2,1-5H3,(H,34,42)(H,35,36,37);12-15,20H,4-11H2,1-3H3,(H,22,23,24);3-9H,10H2,1-2H3,(H,13,15);/b7-6+;;9-6+;. The maximum absolute atomic E-state index is 13.2. The van der Waals surface area contributed by atoms with Crippen molar-refractivity contribution in [2.24, 2.45) is 0 Å². The monoisotopic (exact) mass is 1220 g/mol. The van der Waals surface area contributed by atoms with E-state index in [1.165, 1.54) is 6.08 Å². The summed E-state index contributed by atoms with van der Waals surface area (Å²) in [7, 11) is 12.1. The zero-order chi connectivity index (χ0) is 63.8. The molecule has 8 heterocycles. The molecule has 4 aliphatic heterocycles. The SMILES string of the molecule is CC(C)c1cnn2c(NC3CCN(C(=O)c4ccc(NC(=O)/C=C/CN(C)C)cc4)CC3)nc(OC3CCN(C)CC3)nc12.CC(C)c1cnn2c(NC3CCNCC3)nc(OC3CCN(C)CC3)nc12.CN(C)C/C=C/C(=O)Nc1ccccc1.O=C=O. The molecule has 480 valence electrons. The normalized spacial score (nSPS) is 16.6. The summed E-state index contributed by atoms with van der Waals surface area (Å²) in [6, 6.07) is 17.8. The number of benzene rings is 2. The van der Waals surface area contributed by atoms with Gasteiger partial charge < -0.3 is 60.6 Å². The van der Waals surface area contributed by atoms with Crippen LogP contribution in [0.25, 0.3) is 11.3 Å². The number of likely N-dealkylation sites (N-methyl/N-ethyl adjacent to an activating group) is 2. The first-order valence-electron chi connectivity index (χ1n) is 31.0. The molecule has 0 aliphatic carbocycles. The number of rotatable bonds is 19. The molecule has 0 atom stereocenters. The molecule has 3 amide bonds. The van der Waals surface area contributed by atoms with Crippen LogP contribution in [0.2, 0.25) is 0 Å². The summed E-state index contributed by atoms with van der Waals surface area (Å²) < 4.78 is 16.1. The summed E-state index contributed by atoms with van der Waals surface area (Å²) in [4.78, 5) is 82.4. The Balaban J connectivity index is 0.000000211. The van der Waals surface area contributed by atoms with Crippen molar-refractivity contribution in [3.63, 3.8) is 0 Å². The van der Waals surface area contributed by atoms with Crippen LogP contribution in [0.5, 0.6) is 12.0 Å². The molecule has 4 aliphatic rings. The van der Waals surface area contributed by atoms with Crippen molar-refractivity contribution in [2.75, 3.05) is 129 Å². The largest absolute Gasteiger partial charge is 0.460 e. The van der Waals surface area contributed by atoms with E-state index in [1.807, 2.05) is 96.2 Å². The van der Waals surface area contributed by atoms with Crippen molar-refractivity contribution >= 4 is 58.4 Å². The number of piperidine rings is 4. The van der Waals surface area contributed by atoms with Crippen LogP contribution in [0.1, 0.15) is 112 Å². The topological polar surface area (TPSA) is 266 Å². The van der Waals surface area contributed by atoms with Gasteiger partial charge in [0.05, 0.1) is 12.4 Å². The second-order valence-electron chi connectivity index (χ2n) is 24.1. The summed E-state index contributed by atoms with van der Waals surface area (Å²) in [6.07, 6.45) is 18.6. The minimum Gasteiger partial charge on any atom is -0.460 e. The van der Waals surface area contributed by atoms with Crippen LogP contribution in [0.4, 0.5) is 23.3 Å². The lowest BCUT2D eigenvalue weighted by Gasteiger charge is -2.33. The molecule has 0 unspecified atom stereocenters. The van der Waals surface area contributed by atoms with E-state index in [9.17, 15) is 14.4 Å². The van der Waals surface area contributed by atoms with E-state index in [-0.39, 0.29) is 48.0 Å². The van der Waals surface area contributed by atoms with Crippen molar-refractivity contribution in [3.05, 3.63) is 108 Å². The van der Waals surface area contributed by atoms with Gasteiger partial charge in [0, 0.05) is 105 Å². The lowest BCUT2D eigenvalue weighted by molar-refractivity contribution is -0.191. The quantitative estimate of drug-likeness (QED) is 0.0539. The Morgan fingerprint density at radius 3 is 1.43 bits per heavy atom. The highest BCUT2D eigenvalue weighted by atomic mass is 16.5. The van der Waals surface area contributed by atoms with Crippen molar-refractivity contribution in [2.45, 2.75) is 115 Å². The van der Waals surface area contributed by atoms with E-state index >= 15 is 0 Å². The first-order chi connectivity index (χ1) is 42.8. The van der Waals surface area contributed by atoms with Crippen molar-refractivity contribution < 1.29 is 33.4 Å². The highest BCUT2D eigenvalue weighted by Crippen LogP contribution is 2.28.